The Labute approximate surface area is 117 Å². The first-order valence-corrected chi connectivity index (χ1v) is 6.37. The molecule has 4 nitrogen and oxygen atoms in total. The third kappa shape index (κ3) is 3.35. The molecule has 0 atom stereocenters. The quantitative estimate of drug-likeness (QED) is 0.615. The van der Waals surface area contributed by atoms with Crippen LogP contribution in [0.1, 0.15) is 43.6 Å². The van der Waals surface area contributed by atoms with Crippen LogP contribution in [-0.4, -0.2) is 24.0 Å². The lowest BCUT2D eigenvalue weighted by Gasteiger charge is -2.25. The van der Waals surface area contributed by atoms with Crippen LogP contribution in [0.5, 0.6) is 5.75 Å². The Morgan fingerprint density at radius 2 is 1.90 bits per heavy atom. The van der Waals surface area contributed by atoms with Gasteiger partial charge in [0, 0.05) is 5.56 Å². The van der Waals surface area contributed by atoms with Crippen LogP contribution in [0.3, 0.4) is 0 Å². The van der Waals surface area contributed by atoms with Gasteiger partial charge in [-0.2, -0.15) is 0 Å². The first kappa shape index (κ1) is 16.1. The molecule has 0 aromatic heterocycles. The molecule has 0 bridgehead atoms. The highest BCUT2D eigenvalue weighted by atomic mass is 19.1. The number of ether oxygens (including phenoxy) is 2. The zero-order valence-corrected chi connectivity index (χ0v) is 12.4. The minimum Gasteiger partial charge on any atom is -0.476 e. The summed E-state index contributed by atoms with van der Waals surface area (Å²) < 4.78 is 24.5. The lowest BCUT2D eigenvalue weighted by atomic mass is 10.1. The molecule has 0 aliphatic heterocycles. The third-order valence-electron chi connectivity index (χ3n) is 2.85. The molecule has 0 spiro atoms. The van der Waals surface area contributed by atoms with E-state index in [9.17, 15) is 14.0 Å². The minimum absolute atomic E-state index is 0.00351. The minimum atomic E-state index is -1.23. The van der Waals surface area contributed by atoms with Crippen LogP contribution in [0.4, 0.5) is 4.39 Å². The lowest BCUT2D eigenvalue weighted by Crippen LogP contribution is -2.40. The molecule has 0 aliphatic carbocycles. The predicted octanol–water partition coefficient (Wildman–Crippen LogP) is 3.06. The molecule has 0 fully saturated rings. The fourth-order valence-corrected chi connectivity index (χ4v) is 1.67. The highest BCUT2D eigenvalue weighted by Crippen LogP contribution is 2.27. The molecule has 0 aliphatic rings. The van der Waals surface area contributed by atoms with Gasteiger partial charge < -0.3 is 9.47 Å². The molecule has 0 saturated heterocycles. The van der Waals surface area contributed by atoms with Gasteiger partial charge in [0.25, 0.3) is 0 Å². The van der Waals surface area contributed by atoms with Gasteiger partial charge in [0.1, 0.15) is 11.6 Å². The van der Waals surface area contributed by atoms with Gasteiger partial charge in [0.2, 0.25) is 0 Å². The molecular weight excluding hydrogens is 263 g/mol. The summed E-state index contributed by atoms with van der Waals surface area (Å²) in [5, 5.41) is 0. The monoisotopic (exact) mass is 282 g/mol. The van der Waals surface area contributed by atoms with E-state index < -0.39 is 17.4 Å². The Morgan fingerprint density at radius 3 is 2.40 bits per heavy atom. The molecule has 1 aromatic carbocycles. The zero-order valence-electron chi connectivity index (χ0n) is 12.4. The standard InChI is InChI=1S/C15H19FO4/c1-6-19-14(18)15(4,5)20-12-8-7-11(10(3)17)13(16)9(12)2/h7-8H,6H2,1-5H3. The van der Waals surface area contributed by atoms with Crippen LogP contribution < -0.4 is 4.74 Å². The van der Waals surface area contributed by atoms with Crippen LogP contribution >= 0.6 is 0 Å². The van der Waals surface area contributed by atoms with Crippen molar-refractivity contribution in [2.24, 2.45) is 0 Å². The number of carbonyl (C=O) groups is 2. The van der Waals surface area contributed by atoms with Crippen molar-refractivity contribution in [2.75, 3.05) is 6.61 Å². The summed E-state index contributed by atoms with van der Waals surface area (Å²) >= 11 is 0. The average Bonchev–Trinajstić information content (AvgIpc) is 2.34. The van der Waals surface area contributed by atoms with Crippen molar-refractivity contribution in [3.05, 3.63) is 29.1 Å². The Hall–Kier alpha value is -1.91. The number of carbonyl (C=O) groups excluding carboxylic acids is 2. The Kier molecular flexibility index (Phi) is 4.87. The van der Waals surface area contributed by atoms with Crippen LogP contribution in [0.2, 0.25) is 0 Å². The first-order valence-electron chi connectivity index (χ1n) is 6.37. The summed E-state index contributed by atoms with van der Waals surface area (Å²) in [5.74, 6) is -1.31. The van der Waals surface area contributed by atoms with Gasteiger partial charge >= 0.3 is 5.97 Å². The normalized spacial score (nSPS) is 11.1. The third-order valence-corrected chi connectivity index (χ3v) is 2.85. The zero-order chi connectivity index (χ0) is 15.5. The van der Waals surface area contributed by atoms with Gasteiger partial charge in [-0.3, -0.25) is 4.79 Å². The average molecular weight is 282 g/mol. The first-order chi connectivity index (χ1) is 9.20. The van der Waals surface area contributed by atoms with Crippen LogP contribution in [0, 0.1) is 12.7 Å². The summed E-state index contributed by atoms with van der Waals surface area (Å²) in [4.78, 5) is 23.0. The SMILES string of the molecule is CCOC(=O)C(C)(C)Oc1ccc(C(C)=O)c(F)c1C. The van der Waals surface area contributed by atoms with Crippen molar-refractivity contribution in [3.63, 3.8) is 0 Å². The number of Topliss-reactive ketones (excluding diaryl/α,β-unsaturated/α-hetero) is 1. The van der Waals surface area contributed by atoms with Gasteiger partial charge in [-0.1, -0.05) is 0 Å². The molecule has 0 amide bonds. The van der Waals surface area contributed by atoms with E-state index in [0.717, 1.165) is 0 Å². The summed E-state index contributed by atoms with van der Waals surface area (Å²) in [6.07, 6.45) is 0. The Morgan fingerprint density at radius 1 is 1.30 bits per heavy atom. The second-order valence-corrected chi connectivity index (χ2v) is 4.94. The van der Waals surface area contributed by atoms with E-state index in [1.807, 2.05) is 0 Å². The van der Waals surface area contributed by atoms with Crippen molar-refractivity contribution in [1.29, 1.82) is 0 Å². The maximum absolute atomic E-state index is 14.0. The number of esters is 1. The molecule has 110 valence electrons. The Bertz CT molecular complexity index is 535. The van der Waals surface area contributed by atoms with Gasteiger partial charge in [0.05, 0.1) is 12.2 Å². The van der Waals surface area contributed by atoms with Gasteiger partial charge in [-0.15, -0.1) is 0 Å². The number of hydrogen-bond acceptors (Lipinski definition) is 4. The number of hydrogen-bond donors (Lipinski definition) is 0. The smallest absolute Gasteiger partial charge is 0.349 e. The van der Waals surface area contributed by atoms with E-state index in [-0.39, 0.29) is 29.3 Å². The molecule has 0 heterocycles. The molecule has 0 saturated carbocycles. The fourth-order valence-electron chi connectivity index (χ4n) is 1.67. The summed E-state index contributed by atoms with van der Waals surface area (Å²) in [5.41, 5.74) is -1.04. The molecule has 1 aromatic rings. The van der Waals surface area contributed by atoms with Gasteiger partial charge in [-0.25, -0.2) is 9.18 Å². The largest absolute Gasteiger partial charge is 0.476 e. The molecule has 0 N–H and O–H groups in total. The topological polar surface area (TPSA) is 52.6 Å². The van der Waals surface area contributed by atoms with Crippen molar-refractivity contribution < 1.29 is 23.5 Å². The van der Waals surface area contributed by atoms with E-state index in [4.69, 9.17) is 9.47 Å². The highest BCUT2D eigenvalue weighted by molar-refractivity contribution is 5.94. The van der Waals surface area contributed by atoms with Crippen molar-refractivity contribution in [3.8, 4) is 5.75 Å². The van der Waals surface area contributed by atoms with E-state index >= 15 is 0 Å². The lowest BCUT2D eigenvalue weighted by molar-refractivity contribution is -0.158. The molecule has 5 heteroatoms. The number of ketones is 1. The molecular formula is C15H19FO4. The maximum atomic E-state index is 14.0. The van der Waals surface area contributed by atoms with Crippen LogP contribution in [0.25, 0.3) is 0 Å². The van der Waals surface area contributed by atoms with Crippen molar-refractivity contribution >= 4 is 11.8 Å². The summed E-state index contributed by atoms with van der Waals surface area (Å²) in [7, 11) is 0. The summed E-state index contributed by atoms with van der Waals surface area (Å²) in [6.45, 7) is 7.81. The maximum Gasteiger partial charge on any atom is 0.349 e. The van der Waals surface area contributed by atoms with E-state index in [2.05, 4.69) is 0 Å². The molecule has 0 unspecified atom stereocenters. The highest BCUT2D eigenvalue weighted by Gasteiger charge is 2.32. The van der Waals surface area contributed by atoms with Crippen LogP contribution in [-0.2, 0) is 9.53 Å². The fraction of sp³-hybridized carbons (Fsp3) is 0.467. The second kappa shape index (κ2) is 6.03. The number of rotatable bonds is 5. The van der Waals surface area contributed by atoms with E-state index in [1.165, 1.54) is 26.0 Å². The predicted molar refractivity (Wildman–Crippen MR) is 72.5 cm³/mol. The number of halogens is 1. The Balaban J connectivity index is 3.08. The van der Waals surface area contributed by atoms with Crippen LogP contribution in [0.15, 0.2) is 12.1 Å². The second-order valence-electron chi connectivity index (χ2n) is 4.94. The summed E-state index contributed by atoms with van der Waals surface area (Å²) in [6, 6.07) is 2.83. The van der Waals surface area contributed by atoms with Gasteiger partial charge in [0.15, 0.2) is 11.4 Å². The van der Waals surface area contributed by atoms with E-state index in [1.54, 1.807) is 20.8 Å². The van der Waals surface area contributed by atoms with Crippen molar-refractivity contribution in [2.45, 2.75) is 40.2 Å². The van der Waals surface area contributed by atoms with Gasteiger partial charge in [-0.05, 0) is 46.8 Å². The number of benzene rings is 1. The molecule has 0 radical (unpaired) electrons. The van der Waals surface area contributed by atoms with Crippen molar-refractivity contribution in [1.82, 2.24) is 0 Å². The molecule has 1 rings (SSSR count). The van der Waals surface area contributed by atoms with E-state index in [0.29, 0.717) is 0 Å². The molecule has 20 heavy (non-hydrogen) atoms.